The molecule has 2 aromatic rings. The maximum absolute atomic E-state index is 10.5. The number of aromatic nitrogens is 3. The number of carboxylic acid groups (broad SMARTS) is 1. The lowest BCUT2D eigenvalue weighted by atomic mass is 10.3. The Kier molecular flexibility index (Phi) is 2.20. The van der Waals surface area contributed by atoms with Crippen LogP contribution in [0.15, 0.2) is 23.1 Å². The third-order valence-corrected chi connectivity index (χ3v) is 2.15. The summed E-state index contributed by atoms with van der Waals surface area (Å²) in [4.78, 5) is 18.5. The van der Waals surface area contributed by atoms with E-state index in [1.54, 1.807) is 16.8 Å². The van der Waals surface area contributed by atoms with Gasteiger partial charge in [0, 0.05) is 12.4 Å². The molecule has 2 heterocycles. The van der Waals surface area contributed by atoms with Gasteiger partial charge in [-0.3, -0.25) is 9.20 Å². The Hall–Kier alpha value is -1.43. The second kappa shape index (κ2) is 3.38. The summed E-state index contributed by atoms with van der Waals surface area (Å²) in [6, 6.07) is 0. The fourth-order valence-electron chi connectivity index (χ4n) is 1.18. The Morgan fingerprint density at radius 2 is 2.21 bits per heavy atom. The van der Waals surface area contributed by atoms with Crippen LogP contribution < -0.4 is 0 Å². The number of carbonyl (C=O) groups is 1. The van der Waals surface area contributed by atoms with Gasteiger partial charge in [-0.1, -0.05) is 0 Å². The average molecular weight is 256 g/mol. The van der Waals surface area contributed by atoms with Crippen molar-refractivity contribution in [1.82, 2.24) is 14.4 Å². The predicted molar refractivity (Wildman–Crippen MR) is 52.0 cm³/mol. The summed E-state index contributed by atoms with van der Waals surface area (Å²) in [7, 11) is 0. The zero-order chi connectivity index (χ0) is 10.1. The Bertz CT molecular complexity index is 494. The molecule has 0 unspecified atom stereocenters. The maximum Gasteiger partial charge on any atom is 0.309 e. The van der Waals surface area contributed by atoms with Gasteiger partial charge in [-0.05, 0) is 15.9 Å². The van der Waals surface area contributed by atoms with E-state index < -0.39 is 5.97 Å². The monoisotopic (exact) mass is 255 g/mol. The van der Waals surface area contributed by atoms with Crippen LogP contribution in [0.2, 0.25) is 0 Å². The minimum Gasteiger partial charge on any atom is -0.481 e. The van der Waals surface area contributed by atoms with E-state index in [9.17, 15) is 4.79 Å². The van der Waals surface area contributed by atoms with Gasteiger partial charge in [0.25, 0.3) is 0 Å². The van der Waals surface area contributed by atoms with Crippen LogP contribution in [0.3, 0.4) is 0 Å². The standard InChI is InChI=1S/C8H6BrN3O2/c9-5-2-10-8-11-3-6(1-7(13)14)12(8)4-5/h2-4H,1H2,(H,13,14). The number of carboxylic acids is 1. The predicted octanol–water partition coefficient (Wildman–Crippen LogP) is 1.12. The van der Waals surface area contributed by atoms with Crippen LogP contribution >= 0.6 is 15.9 Å². The molecule has 14 heavy (non-hydrogen) atoms. The molecule has 0 fully saturated rings. The Morgan fingerprint density at radius 3 is 2.93 bits per heavy atom. The number of rotatable bonds is 2. The zero-order valence-corrected chi connectivity index (χ0v) is 8.60. The first-order valence-corrected chi connectivity index (χ1v) is 4.65. The van der Waals surface area contributed by atoms with E-state index >= 15 is 0 Å². The van der Waals surface area contributed by atoms with Crippen molar-refractivity contribution in [2.75, 3.05) is 0 Å². The number of halogens is 1. The second-order valence-electron chi connectivity index (χ2n) is 2.76. The lowest BCUT2D eigenvalue weighted by Crippen LogP contribution is -2.03. The van der Waals surface area contributed by atoms with E-state index in [0.717, 1.165) is 4.47 Å². The van der Waals surface area contributed by atoms with Crippen molar-refractivity contribution >= 4 is 27.7 Å². The van der Waals surface area contributed by atoms with Gasteiger partial charge in [0.1, 0.15) is 0 Å². The molecule has 0 spiro atoms. The Morgan fingerprint density at radius 1 is 1.50 bits per heavy atom. The van der Waals surface area contributed by atoms with Gasteiger partial charge in [0.2, 0.25) is 5.78 Å². The lowest BCUT2D eigenvalue weighted by molar-refractivity contribution is -0.136. The number of hydrogen-bond donors (Lipinski definition) is 1. The molecule has 0 radical (unpaired) electrons. The van der Waals surface area contributed by atoms with Gasteiger partial charge in [0.15, 0.2) is 0 Å². The molecule has 0 atom stereocenters. The molecule has 0 amide bonds. The largest absolute Gasteiger partial charge is 0.481 e. The number of fused-ring (bicyclic) bond motifs is 1. The fraction of sp³-hybridized carbons (Fsp3) is 0.125. The molecule has 0 saturated carbocycles. The summed E-state index contributed by atoms with van der Waals surface area (Å²) >= 11 is 3.26. The van der Waals surface area contributed by atoms with E-state index in [2.05, 4.69) is 25.9 Å². The van der Waals surface area contributed by atoms with E-state index in [4.69, 9.17) is 5.11 Å². The van der Waals surface area contributed by atoms with Crippen molar-refractivity contribution in [2.45, 2.75) is 6.42 Å². The molecular weight excluding hydrogens is 250 g/mol. The van der Waals surface area contributed by atoms with E-state index in [1.165, 1.54) is 6.20 Å². The van der Waals surface area contributed by atoms with E-state index in [0.29, 0.717) is 11.5 Å². The maximum atomic E-state index is 10.5. The summed E-state index contributed by atoms with van der Waals surface area (Å²) in [5, 5.41) is 8.64. The molecule has 0 aliphatic heterocycles. The molecular formula is C8H6BrN3O2. The topological polar surface area (TPSA) is 67.5 Å². The zero-order valence-electron chi connectivity index (χ0n) is 7.01. The van der Waals surface area contributed by atoms with Gasteiger partial charge in [-0.15, -0.1) is 0 Å². The highest BCUT2D eigenvalue weighted by Crippen LogP contribution is 2.11. The van der Waals surface area contributed by atoms with Crippen LogP contribution in [0.1, 0.15) is 5.69 Å². The molecule has 6 heteroatoms. The molecule has 72 valence electrons. The van der Waals surface area contributed by atoms with Crippen LogP contribution in [0.5, 0.6) is 0 Å². The van der Waals surface area contributed by atoms with Gasteiger partial charge < -0.3 is 5.11 Å². The highest BCUT2D eigenvalue weighted by atomic mass is 79.9. The Balaban J connectivity index is 2.55. The summed E-state index contributed by atoms with van der Waals surface area (Å²) < 4.78 is 2.44. The van der Waals surface area contributed by atoms with Crippen molar-refractivity contribution in [3.63, 3.8) is 0 Å². The first kappa shape index (κ1) is 9.14. The summed E-state index contributed by atoms with van der Waals surface area (Å²) in [6.07, 6.45) is 4.82. The highest BCUT2D eigenvalue weighted by Gasteiger charge is 2.07. The van der Waals surface area contributed by atoms with Crippen LogP contribution in [0.4, 0.5) is 0 Å². The third kappa shape index (κ3) is 1.60. The van der Waals surface area contributed by atoms with E-state index in [1.807, 2.05) is 0 Å². The van der Waals surface area contributed by atoms with Crippen molar-refractivity contribution < 1.29 is 9.90 Å². The molecule has 2 aromatic heterocycles. The number of nitrogens with zero attached hydrogens (tertiary/aromatic N) is 3. The van der Waals surface area contributed by atoms with Crippen molar-refractivity contribution in [3.8, 4) is 0 Å². The normalized spacial score (nSPS) is 10.6. The molecule has 0 bridgehead atoms. The quantitative estimate of drug-likeness (QED) is 0.874. The minimum atomic E-state index is -0.883. The molecule has 0 saturated heterocycles. The molecule has 0 aromatic carbocycles. The minimum absolute atomic E-state index is 0.0563. The molecule has 5 nitrogen and oxygen atoms in total. The number of imidazole rings is 1. The second-order valence-corrected chi connectivity index (χ2v) is 3.68. The fourth-order valence-corrected chi connectivity index (χ4v) is 1.49. The third-order valence-electron chi connectivity index (χ3n) is 1.74. The average Bonchev–Trinajstić information content (AvgIpc) is 2.47. The summed E-state index contributed by atoms with van der Waals surface area (Å²) in [5.41, 5.74) is 0.612. The first-order valence-electron chi connectivity index (χ1n) is 3.86. The number of aliphatic carboxylic acids is 1. The van der Waals surface area contributed by atoms with Crippen molar-refractivity contribution in [2.24, 2.45) is 0 Å². The van der Waals surface area contributed by atoms with Crippen LogP contribution in [-0.2, 0) is 11.2 Å². The van der Waals surface area contributed by atoms with Crippen LogP contribution in [0, 0.1) is 0 Å². The molecule has 2 rings (SSSR count). The van der Waals surface area contributed by atoms with Crippen molar-refractivity contribution in [1.29, 1.82) is 0 Å². The number of hydrogen-bond acceptors (Lipinski definition) is 3. The first-order chi connectivity index (χ1) is 6.66. The summed E-state index contributed by atoms with van der Waals surface area (Å²) in [5.74, 6) is -0.378. The molecule has 0 aliphatic carbocycles. The molecule has 1 N–H and O–H groups in total. The van der Waals surface area contributed by atoms with Crippen LogP contribution in [0.25, 0.3) is 5.78 Å². The van der Waals surface area contributed by atoms with Crippen molar-refractivity contribution in [3.05, 3.63) is 28.8 Å². The smallest absolute Gasteiger partial charge is 0.309 e. The van der Waals surface area contributed by atoms with E-state index in [-0.39, 0.29) is 6.42 Å². The highest BCUT2D eigenvalue weighted by molar-refractivity contribution is 9.10. The van der Waals surface area contributed by atoms with Gasteiger partial charge in [0.05, 0.1) is 22.8 Å². The molecule has 0 aliphatic rings. The lowest BCUT2D eigenvalue weighted by Gasteiger charge is -1.97. The van der Waals surface area contributed by atoms with Gasteiger partial charge >= 0.3 is 5.97 Å². The van der Waals surface area contributed by atoms with Crippen LogP contribution in [-0.4, -0.2) is 25.4 Å². The van der Waals surface area contributed by atoms with Gasteiger partial charge in [-0.25, -0.2) is 9.97 Å². The SMILES string of the molecule is O=C(O)Cc1cnc2ncc(Br)cn12. The summed E-state index contributed by atoms with van der Waals surface area (Å²) in [6.45, 7) is 0. The van der Waals surface area contributed by atoms with Gasteiger partial charge in [-0.2, -0.15) is 0 Å². The Labute approximate surface area is 87.5 Å².